The Morgan fingerprint density at radius 2 is 1.18 bits per heavy atom. The van der Waals surface area contributed by atoms with Crippen LogP contribution in [0.1, 0.15) is 25.0 Å². The van der Waals surface area contributed by atoms with Crippen molar-refractivity contribution < 1.29 is 0 Å². The first-order chi connectivity index (χ1) is 24.1. The summed E-state index contributed by atoms with van der Waals surface area (Å²) in [6.45, 7) is 4.71. The smallest absolute Gasteiger partial charge is 0.124 e. The minimum Gasteiger partial charge on any atom is -0.310 e. The van der Waals surface area contributed by atoms with Gasteiger partial charge in [-0.1, -0.05) is 141 Å². The average Bonchev–Trinajstić information content (AvgIpc) is 3.79. The van der Waals surface area contributed by atoms with E-state index in [4.69, 9.17) is 4.98 Å². The molecule has 232 valence electrons. The van der Waals surface area contributed by atoms with Gasteiger partial charge < -0.3 is 4.90 Å². The predicted molar refractivity (Wildman–Crippen MR) is 207 cm³/mol. The van der Waals surface area contributed by atoms with E-state index in [1.807, 2.05) is 0 Å². The highest BCUT2D eigenvalue weighted by molar-refractivity contribution is 7.19. The number of thiazole rings is 1. The van der Waals surface area contributed by atoms with Gasteiger partial charge in [0.05, 0.1) is 16.3 Å². The maximum atomic E-state index is 5.30. The largest absolute Gasteiger partial charge is 0.310 e. The van der Waals surface area contributed by atoms with Crippen molar-refractivity contribution in [1.29, 1.82) is 0 Å². The molecule has 0 atom stereocenters. The summed E-state index contributed by atoms with van der Waals surface area (Å²) in [5.41, 5.74) is 15.8. The molecule has 0 spiro atoms. The van der Waals surface area contributed by atoms with Gasteiger partial charge in [-0.2, -0.15) is 0 Å². The highest BCUT2D eigenvalue weighted by Gasteiger charge is 2.36. The summed E-state index contributed by atoms with van der Waals surface area (Å²) in [6, 6.07) is 57.5. The Labute approximate surface area is 290 Å². The Kier molecular flexibility index (Phi) is 6.12. The molecule has 7 aromatic carbocycles. The zero-order valence-electron chi connectivity index (χ0n) is 27.3. The van der Waals surface area contributed by atoms with Gasteiger partial charge in [0.25, 0.3) is 0 Å². The molecule has 0 aliphatic heterocycles. The van der Waals surface area contributed by atoms with Crippen molar-refractivity contribution in [2.75, 3.05) is 4.90 Å². The van der Waals surface area contributed by atoms with Crippen LogP contribution in [-0.4, -0.2) is 4.98 Å². The van der Waals surface area contributed by atoms with Gasteiger partial charge in [0.2, 0.25) is 0 Å². The Morgan fingerprint density at radius 3 is 2.00 bits per heavy atom. The molecule has 2 aliphatic rings. The Hall–Kier alpha value is -5.77. The number of para-hydroxylation sites is 1. The normalized spacial score (nSPS) is 13.3. The van der Waals surface area contributed by atoms with E-state index < -0.39 is 0 Å². The summed E-state index contributed by atoms with van der Waals surface area (Å²) in [5, 5.41) is 3.58. The lowest BCUT2D eigenvalue weighted by Gasteiger charge is -2.30. The third kappa shape index (κ3) is 4.22. The van der Waals surface area contributed by atoms with E-state index in [1.54, 1.807) is 11.3 Å². The van der Waals surface area contributed by atoms with Crippen LogP contribution in [0, 0.1) is 0 Å². The summed E-state index contributed by atoms with van der Waals surface area (Å²) in [6.07, 6.45) is 0. The van der Waals surface area contributed by atoms with Crippen molar-refractivity contribution in [3.05, 3.63) is 169 Å². The Bertz CT molecular complexity index is 2580. The highest BCUT2D eigenvalue weighted by atomic mass is 32.1. The molecule has 0 unspecified atom stereocenters. The van der Waals surface area contributed by atoms with Crippen LogP contribution in [-0.2, 0) is 5.41 Å². The van der Waals surface area contributed by atoms with E-state index >= 15 is 0 Å². The summed E-state index contributed by atoms with van der Waals surface area (Å²) < 4.78 is 0. The molecule has 49 heavy (non-hydrogen) atoms. The summed E-state index contributed by atoms with van der Waals surface area (Å²) >= 11 is 1.79. The molecule has 0 bridgehead atoms. The third-order valence-corrected chi connectivity index (χ3v) is 11.6. The van der Waals surface area contributed by atoms with Crippen molar-refractivity contribution in [3.63, 3.8) is 0 Å². The van der Waals surface area contributed by atoms with Gasteiger partial charge in [0.15, 0.2) is 0 Å². The minimum atomic E-state index is -0.109. The van der Waals surface area contributed by atoms with Crippen molar-refractivity contribution in [2.45, 2.75) is 19.3 Å². The van der Waals surface area contributed by atoms with Gasteiger partial charge in [-0.25, -0.2) is 4.98 Å². The van der Waals surface area contributed by atoms with Gasteiger partial charge in [0, 0.05) is 39.0 Å². The lowest BCUT2D eigenvalue weighted by atomic mass is 9.82. The third-order valence-electron chi connectivity index (χ3n) is 10.4. The van der Waals surface area contributed by atoms with Crippen molar-refractivity contribution in [2.24, 2.45) is 0 Å². The van der Waals surface area contributed by atoms with Crippen LogP contribution in [0.5, 0.6) is 0 Å². The molecule has 0 amide bonds. The zero-order valence-corrected chi connectivity index (χ0v) is 28.1. The van der Waals surface area contributed by atoms with Crippen molar-refractivity contribution >= 4 is 39.2 Å². The fourth-order valence-corrected chi connectivity index (χ4v) is 9.21. The second kappa shape index (κ2) is 10.6. The monoisotopic (exact) mass is 644 g/mol. The van der Waals surface area contributed by atoms with E-state index in [1.165, 1.54) is 60.2 Å². The molecule has 10 rings (SSSR count). The lowest BCUT2D eigenvalue weighted by molar-refractivity contribution is 0.660. The number of nitrogens with zero attached hydrogens (tertiary/aromatic N) is 2. The topological polar surface area (TPSA) is 16.1 Å². The number of fused-ring (bicyclic) bond motifs is 6. The summed E-state index contributed by atoms with van der Waals surface area (Å²) in [7, 11) is 0. The van der Waals surface area contributed by atoms with Gasteiger partial charge in [0.1, 0.15) is 5.01 Å². The molecule has 3 heteroatoms. The first-order valence-electron chi connectivity index (χ1n) is 16.9. The molecule has 0 saturated carbocycles. The van der Waals surface area contributed by atoms with E-state index in [2.05, 4.69) is 176 Å². The lowest BCUT2D eigenvalue weighted by Crippen LogP contribution is -2.17. The first-order valence-corrected chi connectivity index (χ1v) is 17.7. The summed E-state index contributed by atoms with van der Waals surface area (Å²) in [4.78, 5) is 9.02. The van der Waals surface area contributed by atoms with Crippen LogP contribution < -0.4 is 4.90 Å². The number of hydrogen-bond acceptors (Lipinski definition) is 3. The van der Waals surface area contributed by atoms with E-state index in [0.717, 1.165) is 33.3 Å². The Morgan fingerprint density at radius 1 is 0.510 bits per heavy atom. The molecule has 0 radical (unpaired) electrons. The van der Waals surface area contributed by atoms with Crippen molar-refractivity contribution in [1.82, 2.24) is 4.98 Å². The minimum absolute atomic E-state index is 0.109. The molecule has 1 aromatic heterocycles. The van der Waals surface area contributed by atoms with Crippen LogP contribution in [0.2, 0.25) is 0 Å². The van der Waals surface area contributed by atoms with Gasteiger partial charge in [-0.15, -0.1) is 11.3 Å². The molecule has 0 N–H and O–H groups in total. The fraction of sp³-hybridized carbons (Fsp3) is 0.0652. The predicted octanol–water partition coefficient (Wildman–Crippen LogP) is 13.1. The molecule has 2 aliphatic carbocycles. The molecule has 1 heterocycles. The zero-order chi connectivity index (χ0) is 32.7. The Balaban J connectivity index is 1.22. The van der Waals surface area contributed by atoms with Gasteiger partial charge in [-0.3, -0.25) is 0 Å². The molecule has 8 aromatic rings. The number of rotatable bonds is 5. The SMILES string of the molecule is CC1(C)c2ccccc2-c2ccc(N(c3cc4c5c(cccc5c3)-c3sc(-c5ccccc5)nc3-4)c3ccccc3-c3ccccc3)cc21. The van der Waals surface area contributed by atoms with Crippen molar-refractivity contribution in [3.8, 4) is 54.5 Å². The van der Waals surface area contributed by atoms with Crippen LogP contribution in [0.4, 0.5) is 17.1 Å². The maximum Gasteiger partial charge on any atom is 0.124 e. The fourth-order valence-electron chi connectivity index (χ4n) is 8.10. The molecule has 0 saturated heterocycles. The second-order valence-corrected chi connectivity index (χ2v) is 14.6. The van der Waals surface area contributed by atoms with E-state index in [9.17, 15) is 0 Å². The number of aromatic nitrogens is 1. The molecule has 0 fully saturated rings. The molecule has 2 nitrogen and oxygen atoms in total. The van der Waals surface area contributed by atoms with Gasteiger partial charge >= 0.3 is 0 Å². The first kappa shape index (κ1) is 28.3. The van der Waals surface area contributed by atoms with Crippen LogP contribution in [0.15, 0.2) is 158 Å². The molecular formula is C46H32N2S. The summed E-state index contributed by atoms with van der Waals surface area (Å²) in [5.74, 6) is 0. The average molecular weight is 645 g/mol. The second-order valence-electron chi connectivity index (χ2n) is 13.6. The maximum absolute atomic E-state index is 5.30. The van der Waals surface area contributed by atoms with Gasteiger partial charge in [-0.05, 0) is 68.9 Å². The van der Waals surface area contributed by atoms with E-state index in [-0.39, 0.29) is 5.41 Å². The quantitative estimate of drug-likeness (QED) is 0.185. The van der Waals surface area contributed by atoms with Crippen LogP contribution >= 0.6 is 11.3 Å². The number of hydrogen-bond donors (Lipinski definition) is 0. The standard InChI is InChI=1S/C46H32N2S/c1-46(2)39-22-11-9-20-35(39)36-25-24-32(28-40(36)46)48(41-23-12-10-19-34(41)29-14-5-3-6-15-29)33-26-31-18-13-21-37-42(31)38(27-33)43-44(37)49-45(47-43)30-16-7-4-8-17-30/h3-28H,1-2H3. The number of benzene rings is 7. The van der Waals surface area contributed by atoms with E-state index in [0.29, 0.717) is 0 Å². The number of anilines is 3. The highest BCUT2D eigenvalue weighted by Crippen LogP contribution is 2.55. The van der Waals surface area contributed by atoms with Crippen LogP contribution in [0.25, 0.3) is 65.3 Å². The molecular weight excluding hydrogens is 613 g/mol. The van der Waals surface area contributed by atoms with Crippen LogP contribution in [0.3, 0.4) is 0 Å².